The third-order valence-electron chi connectivity index (χ3n) is 4.66. The van der Waals surface area contributed by atoms with Gasteiger partial charge in [-0.3, -0.25) is 4.79 Å². The van der Waals surface area contributed by atoms with E-state index in [0.717, 1.165) is 17.7 Å². The fourth-order valence-electron chi connectivity index (χ4n) is 3.00. The van der Waals surface area contributed by atoms with Crippen LogP contribution in [0.1, 0.15) is 36.8 Å². The monoisotopic (exact) mass is 439 g/mol. The van der Waals surface area contributed by atoms with Gasteiger partial charge in [-0.05, 0) is 29.7 Å². The van der Waals surface area contributed by atoms with Gasteiger partial charge in [0.15, 0.2) is 0 Å². The maximum Gasteiger partial charge on any atom is 0.416 e. The first kappa shape index (κ1) is 21.8. The minimum absolute atomic E-state index is 0.0551. The minimum Gasteiger partial charge on any atom is -0.355 e. The van der Waals surface area contributed by atoms with Crippen molar-refractivity contribution < 1.29 is 26.4 Å². The predicted octanol–water partition coefficient (Wildman–Crippen LogP) is 3.92. The van der Waals surface area contributed by atoms with Gasteiger partial charge in [-0.1, -0.05) is 37.3 Å². The number of benzene rings is 2. The highest BCUT2D eigenvalue weighted by atomic mass is 32.2. The van der Waals surface area contributed by atoms with Crippen molar-refractivity contribution in [1.29, 1.82) is 0 Å². The van der Waals surface area contributed by atoms with E-state index in [-0.39, 0.29) is 41.1 Å². The first-order chi connectivity index (χ1) is 14.1. The fourth-order valence-corrected chi connectivity index (χ4v) is 4.15. The van der Waals surface area contributed by atoms with Gasteiger partial charge in [0.2, 0.25) is 5.91 Å². The maximum absolute atomic E-state index is 12.9. The predicted molar refractivity (Wildman–Crippen MR) is 107 cm³/mol. The first-order valence-corrected chi connectivity index (χ1v) is 10.6. The Kier molecular flexibility index (Phi) is 6.16. The van der Waals surface area contributed by atoms with Crippen molar-refractivity contribution in [2.45, 2.75) is 36.8 Å². The summed E-state index contributed by atoms with van der Waals surface area (Å²) >= 11 is 0. The minimum atomic E-state index is -4.61. The number of hydrogen-bond donors (Lipinski definition) is 2. The molecule has 10 heteroatoms. The lowest BCUT2D eigenvalue weighted by Gasteiger charge is -2.20. The van der Waals surface area contributed by atoms with E-state index in [0.29, 0.717) is 12.6 Å². The number of carbonyl (C=O) groups is 1. The quantitative estimate of drug-likeness (QED) is 0.714. The van der Waals surface area contributed by atoms with E-state index in [9.17, 15) is 26.4 Å². The van der Waals surface area contributed by atoms with Gasteiger partial charge in [-0.15, -0.1) is 4.40 Å². The van der Waals surface area contributed by atoms with E-state index in [2.05, 4.69) is 15.0 Å². The van der Waals surface area contributed by atoms with Crippen LogP contribution in [0.25, 0.3) is 0 Å². The Morgan fingerprint density at radius 3 is 2.53 bits per heavy atom. The lowest BCUT2D eigenvalue weighted by Crippen LogP contribution is -2.29. The second-order valence-electron chi connectivity index (χ2n) is 6.96. The Labute approximate surface area is 172 Å². The topological polar surface area (TPSA) is 87.6 Å². The summed E-state index contributed by atoms with van der Waals surface area (Å²) in [5, 5.41) is 5.37. The molecule has 160 valence electrons. The molecule has 0 aromatic heterocycles. The molecule has 0 saturated heterocycles. The molecule has 2 aromatic carbocycles. The van der Waals surface area contributed by atoms with Gasteiger partial charge in [-0.2, -0.15) is 21.6 Å². The largest absolute Gasteiger partial charge is 0.416 e. The number of sulfonamides is 1. The van der Waals surface area contributed by atoms with Crippen LogP contribution in [0.5, 0.6) is 0 Å². The number of halogens is 3. The number of nitrogens with one attached hydrogen (secondary N) is 2. The van der Waals surface area contributed by atoms with Crippen molar-refractivity contribution in [1.82, 2.24) is 5.32 Å². The lowest BCUT2D eigenvalue weighted by atomic mass is 10.0. The maximum atomic E-state index is 12.9. The molecule has 0 spiro atoms. The zero-order chi connectivity index (χ0) is 21.9. The lowest BCUT2D eigenvalue weighted by molar-refractivity contribution is -0.137. The molecular formula is C20H20F3N3O3S. The van der Waals surface area contributed by atoms with E-state index in [1.807, 2.05) is 37.3 Å². The molecule has 6 nitrogen and oxygen atoms in total. The Hall–Kier alpha value is -2.88. The number of fused-ring (bicyclic) bond motifs is 1. The Morgan fingerprint density at radius 1 is 1.17 bits per heavy atom. The van der Waals surface area contributed by atoms with Crippen molar-refractivity contribution in [3.63, 3.8) is 0 Å². The number of anilines is 1. The highest BCUT2D eigenvalue weighted by Crippen LogP contribution is 2.35. The average molecular weight is 439 g/mol. The average Bonchev–Trinajstić information content (AvgIpc) is 2.69. The summed E-state index contributed by atoms with van der Waals surface area (Å²) in [5.41, 5.74) is -0.106. The molecule has 1 aliphatic heterocycles. The van der Waals surface area contributed by atoms with Crippen LogP contribution in [0.3, 0.4) is 0 Å². The number of amidine groups is 1. The van der Waals surface area contributed by atoms with Crippen LogP contribution in [0.4, 0.5) is 18.9 Å². The molecule has 1 unspecified atom stereocenters. The second-order valence-corrected chi connectivity index (χ2v) is 8.54. The molecule has 1 heterocycles. The van der Waals surface area contributed by atoms with Gasteiger partial charge in [0.05, 0.1) is 11.3 Å². The Bertz CT molecular complexity index is 1070. The van der Waals surface area contributed by atoms with Gasteiger partial charge in [-0.25, -0.2) is 0 Å². The van der Waals surface area contributed by atoms with E-state index >= 15 is 0 Å². The summed E-state index contributed by atoms with van der Waals surface area (Å²) in [6.45, 7) is 2.36. The van der Waals surface area contributed by atoms with Gasteiger partial charge >= 0.3 is 6.18 Å². The van der Waals surface area contributed by atoms with Crippen LogP contribution in [-0.2, 0) is 21.0 Å². The summed E-state index contributed by atoms with van der Waals surface area (Å²) in [6.07, 6.45) is -4.72. The molecule has 3 rings (SSSR count). The standard InChI is InChI=1S/C20H20F3N3O3S/c1-13(14-5-3-2-4-6-14)12-24-19(27)10-9-18-25-16-11-15(20(21,22)23)7-8-17(16)30(28,29)26-18/h2-8,11,13H,9-10,12H2,1H3,(H,24,27)(H,25,26). The Balaban J connectivity index is 1.61. The fraction of sp³-hybridized carbons (Fsp3) is 0.300. The van der Waals surface area contributed by atoms with E-state index in [1.165, 1.54) is 0 Å². The molecular weight excluding hydrogens is 419 g/mol. The third-order valence-corrected chi connectivity index (χ3v) is 6.03. The second kappa shape index (κ2) is 8.47. The van der Waals surface area contributed by atoms with Gasteiger partial charge in [0.1, 0.15) is 10.7 Å². The zero-order valence-electron chi connectivity index (χ0n) is 16.0. The molecule has 0 bridgehead atoms. The summed E-state index contributed by atoms with van der Waals surface area (Å²) in [6, 6.07) is 11.9. The number of rotatable bonds is 6. The summed E-state index contributed by atoms with van der Waals surface area (Å²) in [5.74, 6) is -0.295. The van der Waals surface area contributed by atoms with Crippen molar-refractivity contribution in [3.8, 4) is 0 Å². The SMILES string of the molecule is CC(CNC(=O)CCC1=NS(=O)(=O)c2ccc(C(F)(F)F)cc2N1)c1ccccc1. The number of carbonyl (C=O) groups excluding carboxylic acids is 1. The van der Waals surface area contributed by atoms with Gasteiger partial charge in [0.25, 0.3) is 10.0 Å². The molecule has 1 atom stereocenters. The number of amides is 1. The molecule has 1 amide bonds. The van der Waals surface area contributed by atoms with Crippen LogP contribution in [0.15, 0.2) is 57.8 Å². The normalized spacial score (nSPS) is 16.1. The van der Waals surface area contributed by atoms with Gasteiger partial charge in [0, 0.05) is 19.4 Å². The van der Waals surface area contributed by atoms with Gasteiger partial charge < -0.3 is 10.6 Å². The van der Waals surface area contributed by atoms with Crippen LogP contribution in [0.2, 0.25) is 0 Å². The third kappa shape index (κ3) is 5.18. The highest BCUT2D eigenvalue weighted by Gasteiger charge is 2.33. The van der Waals surface area contributed by atoms with Crippen molar-refractivity contribution >= 4 is 27.5 Å². The van der Waals surface area contributed by atoms with Crippen molar-refractivity contribution in [2.24, 2.45) is 4.40 Å². The van der Waals surface area contributed by atoms with E-state index in [4.69, 9.17) is 0 Å². The first-order valence-electron chi connectivity index (χ1n) is 9.20. The summed E-state index contributed by atoms with van der Waals surface area (Å²) in [4.78, 5) is 11.8. The van der Waals surface area contributed by atoms with Crippen molar-refractivity contribution in [2.75, 3.05) is 11.9 Å². The highest BCUT2D eigenvalue weighted by molar-refractivity contribution is 7.90. The summed E-state index contributed by atoms with van der Waals surface area (Å²) in [7, 11) is -4.14. The van der Waals surface area contributed by atoms with E-state index in [1.54, 1.807) is 0 Å². The molecule has 2 N–H and O–H groups in total. The van der Waals surface area contributed by atoms with E-state index < -0.39 is 21.8 Å². The molecule has 1 aliphatic rings. The van der Waals surface area contributed by atoms with Crippen LogP contribution < -0.4 is 10.6 Å². The molecule has 2 aromatic rings. The number of nitrogens with zero attached hydrogens (tertiary/aromatic N) is 1. The van der Waals surface area contributed by atoms with Crippen LogP contribution in [-0.4, -0.2) is 26.7 Å². The van der Waals surface area contributed by atoms with Crippen LogP contribution >= 0.6 is 0 Å². The zero-order valence-corrected chi connectivity index (χ0v) is 16.8. The molecule has 0 saturated carbocycles. The number of hydrogen-bond acceptors (Lipinski definition) is 4. The number of alkyl halides is 3. The van der Waals surface area contributed by atoms with Crippen LogP contribution in [0, 0.1) is 0 Å². The summed E-state index contributed by atoms with van der Waals surface area (Å²) < 4.78 is 66.8. The molecule has 0 fully saturated rings. The molecule has 0 radical (unpaired) electrons. The van der Waals surface area contributed by atoms with Crippen molar-refractivity contribution in [3.05, 3.63) is 59.7 Å². The molecule has 0 aliphatic carbocycles. The Morgan fingerprint density at radius 2 is 1.87 bits per heavy atom. The smallest absolute Gasteiger partial charge is 0.355 e. The molecule has 30 heavy (non-hydrogen) atoms.